The number of nitrogens with two attached hydrogens (primary N) is 1. The van der Waals surface area contributed by atoms with Gasteiger partial charge < -0.3 is 24.3 Å². The molecule has 0 radical (unpaired) electrons. The average molecular weight is 513 g/mol. The normalized spacial score (nSPS) is 11.9. The molecule has 8 nitrogen and oxygen atoms in total. The first-order valence-electron chi connectivity index (χ1n) is 10.6. The van der Waals surface area contributed by atoms with Crippen LogP contribution in [0.5, 0.6) is 11.5 Å². The smallest absolute Gasteiger partial charge is 0.349 e. The summed E-state index contributed by atoms with van der Waals surface area (Å²) < 4.78 is 52.3. The van der Waals surface area contributed by atoms with E-state index in [4.69, 9.17) is 15.2 Å². The average Bonchev–Trinajstić information content (AvgIpc) is 2.89. The number of pyridine rings is 1. The quantitative estimate of drug-likeness (QED) is 0.215. The fourth-order valence-electron chi connectivity index (χ4n) is 3.50. The Hall–Kier alpha value is -3.96. The number of nitrogen functional groups attached to an aromatic ring is 1. The van der Waals surface area contributed by atoms with Gasteiger partial charge in [0.2, 0.25) is 0 Å². The highest BCUT2D eigenvalue weighted by Crippen LogP contribution is 2.29. The summed E-state index contributed by atoms with van der Waals surface area (Å²) in [6.07, 6.45) is -1.41. The van der Waals surface area contributed by atoms with E-state index in [1.54, 1.807) is 36.4 Å². The number of rotatable bonds is 8. The third-order valence-electron chi connectivity index (χ3n) is 5.27. The van der Waals surface area contributed by atoms with Gasteiger partial charge in [0.15, 0.2) is 16.4 Å². The van der Waals surface area contributed by atoms with Crippen LogP contribution in [0, 0.1) is 0 Å². The largest absolute Gasteiger partial charge is 0.604 e. The Kier molecular flexibility index (Phi) is 7.51. The van der Waals surface area contributed by atoms with E-state index in [-0.39, 0.29) is 27.8 Å². The van der Waals surface area contributed by atoms with Crippen molar-refractivity contribution in [3.63, 3.8) is 0 Å². The summed E-state index contributed by atoms with van der Waals surface area (Å²) in [5, 5.41) is -0.286. The minimum atomic E-state index is -2.92. The van der Waals surface area contributed by atoms with Crippen molar-refractivity contribution in [2.24, 2.45) is 0 Å². The van der Waals surface area contributed by atoms with Gasteiger partial charge >= 0.3 is 5.16 Å². The number of nitrogens with zero attached hydrogens (tertiary/aromatic N) is 3. The highest BCUT2D eigenvalue weighted by Gasteiger charge is 2.24. The fraction of sp³-hybridized carbons (Fsp3) is 0.160. The minimum absolute atomic E-state index is 0.105. The first-order valence-corrected chi connectivity index (χ1v) is 11.8. The molecule has 0 fully saturated rings. The number of aromatic nitrogens is 3. The summed E-state index contributed by atoms with van der Waals surface area (Å²) in [7, 11) is 3.03. The number of benzene rings is 2. The molecule has 186 valence electrons. The molecule has 4 aromatic rings. The Balaban J connectivity index is 1.73. The predicted octanol–water partition coefficient (Wildman–Crippen LogP) is 4.06. The molecule has 0 aliphatic heterocycles. The summed E-state index contributed by atoms with van der Waals surface area (Å²) >= 11 is -1.95. The van der Waals surface area contributed by atoms with Crippen molar-refractivity contribution >= 4 is 16.9 Å². The van der Waals surface area contributed by atoms with Crippen molar-refractivity contribution in [3.8, 4) is 22.8 Å². The zero-order valence-electron chi connectivity index (χ0n) is 19.4. The molecule has 0 bridgehead atoms. The maximum Gasteiger partial charge on any atom is 0.349 e. The molecule has 4 rings (SSSR count). The van der Waals surface area contributed by atoms with Gasteiger partial charge in [-0.15, -0.1) is 0 Å². The van der Waals surface area contributed by atoms with Crippen molar-refractivity contribution < 1.29 is 22.8 Å². The van der Waals surface area contributed by atoms with Crippen LogP contribution < -0.4 is 20.8 Å². The van der Waals surface area contributed by atoms with E-state index in [1.165, 1.54) is 43.2 Å². The van der Waals surface area contributed by atoms with Gasteiger partial charge in [-0.1, -0.05) is 12.1 Å². The lowest BCUT2D eigenvalue weighted by molar-refractivity contribution is 0.145. The van der Waals surface area contributed by atoms with Crippen LogP contribution in [0.1, 0.15) is 17.7 Å². The molecule has 2 aromatic carbocycles. The van der Waals surface area contributed by atoms with Gasteiger partial charge in [-0.3, -0.25) is 4.79 Å². The standard InChI is InChI=1S/C25H22F2N4O4S/c1-34-21-8-6-15(10-22(21)35-2)13-31-14-16(7-9-23(31)32)19-12-20(24(26)27)30-25(29-19)36(33)18-5-3-4-17(28)11-18/h3-12,14,24H,13,28H2,1-2H3. The van der Waals surface area contributed by atoms with Crippen molar-refractivity contribution in [1.29, 1.82) is 0 Å². The van der Waals surface area contributed by atoms with Gasteiger partial charge in [-0.2, -0.15) is 9.97 Å². The zero-order chi connectivity index (χ0) is 25.8. The van der Waals surface area contributed by atoms with Gasteiger partial charge in [-0.25, -0.2) is 8.78 Å². The fourth-order valence-corrected chi connectivity index (χ4v) is 4.53. The van der Waals surface area contributed by atoms with Crippen LogP contribution in [-0.4, -0.2) is 33.3 Å². The Morgan fingerprint density at radius 1 is 1.03 bits per heavy atom. The lowest BCUT2D eigenvalue weighted by Gasteiger charge is -2.13. The van der Waals surface area contributed by atoms with Crippen LogP contribution in [0.4, 0.5) is 14.5 Å². The summed E-state index contributed by atoms with van der Waals surface area (Å²) in [5.41, 5.74) is 6.49. The van der Waals surface area contributed by atoms with Crippen LogP contribution in [0.3, 0.4) is 0 Å². The Morgan fingerprint density at radius 2 is 1.81 bits per heavy atom. The lowest BCUT2D eigenvalue weighted by Crippen LogP contribution is -2.19. The predicted molar refractivity (Wildman–Crippen MR) is 131 cm³/mol. The molecule has 2 aromatic heterocycles. The van der Waals surface area contributed by atoms with Gasteiger partial charge in [0.25, 0.3) is 12.0 Å². The molecule has 0 saturated carbocycles. The minimum Gasteiger partial charge on any atom is -0.604 e. The van der Waals surface area contributed by atoms with Crippen molar-refractivity contribution in [2.45, 2.75) is 23.0 Å². The second-order valence-corrected chi connectivity index (χ2v) is 9.05. The molecule has 0 spiro atoms. The number of methoxy groups -OCH3 is 2. The topological polar surface area (TPSA) is 115 Å². The van der Waals surface area contributed by atoms with E-state index < -0.39 is 23.3 Å². The molecule has 0 aliphatic rings. The second kappa shape index (κ2) is 10.8. The number of anilines is 1. The molecule has 0 amide bonds. The van der Waals surface area contributed by atoms with E-state index in [9.17, 15) is 18.1 Å². The van der Waals surface area contributed by atoms with E-state index in [2.05, 4.69) is 9.97 Å². The van der Waals surface area contributed by atoms with E-state index in [0.29, 0.717) is 22.7 Å². The van der Waals surface area contributed by atoms with Crippen molar-refractivity contribution in [2.75, 3.05) is 20.0 Å². The van der Waals surface area contributed by atoms with Crippen molar-refractivity contribution in [3.05, 3.63) is 88.5 Å². The molecule has 2 heterocycles. The molecule has 1 unspecified atom stereocenters. The van der Waals surface area contributed by atoms with Gasteiger partial charge in [0.1, 0.15) is 5.69 Å². The lowest BCUT2D eigenvalue weighted by atomic mass is 10.1. The maximum absolute atomic E-state index is 13.7. The monoisotopic (exact) mass is 512 g/mol. The second-order valence-electron chi connectivity index (χ2n) is 7.68. The molecular formula is C25H22F2N4O4S. The van der Waals surface area contributed by atoms with Crippen LogP contribution in [-0.2, 0) is 17.7 Å². The van der Waals surface area contributed by atoms with E-state index in [0.717, 1.165) is 11.6 Å². The highest BCUT2D eigenvalue weighted by atomic mass is 32.2. The number of alkyl halides is 2. The zero-order valence-corrected chi connectivity index (χ0v) is 20.2. The first-order chi connectivity index (χ1) is 17.3. The summed E-state index contributed by atoms with van der Waals surface area (Å²) in [6, 6.07) is 15.4. The third kappa shape index (κ3) is 5.47. The van der Waals surface area contributed by atoms with Crippen LogP contribution >= 0.6 is 0 Å². The molecule has 0 saturated heterocycles. The first kappa shape index (κ1) is 25.1. The van der Waals surface area contributed by atoms with Gasteiger partial charge in [0.05, 0.1) is 37.6 Å². The number of hydrogen-bond donors (Lipinski definition) is 1. The van der Waals surface area contributed by atoms with Crippen LogP contribution in [0.15, 0.2) is 81.7 Å². The molecule has 36 heavy (non-hydrogen) atoms. The Labute approximate surface area is 208 Å². The molecule has 11 heteroatoms. The SMILES string of the molecule is COc1ccc(Cn2cc(-c3cc(C(F)F)nc([S+]([O-])c4cccc(N)c4)n3)ccc2=O)cc1OC. The summed E-state index contributed by atoms with van der Waals surface area (Å²) in [4.78, 5) is 20.9. The van der Waals surface area contributed by atoms with E-state index in [1.807, 2.05) is 0 Å². The highest BCUT2D eigenvalue weighted by molar-refractivity contribution is 7.91. The Bertz CT molecular complexity index is 1450. The summed E-state index contributed by atoms with van der Waals surface area (Å²) in [6.45, 7) is 0.182. The summed E-state index contributed by atoms with van der Waals surface area (Å²) in [5.74, 6) is 1.05. The van der Waals surface area contributed by atoms with Crippen LogP contribution in [0.25, 0.3) is 11.3 Å². The number of hydrogen-bond acceptors (Lipinski definition) is 7. The Morgan fingerprint density at radius 3 is 2.50 bits per heavy atom. The van der Waals surface area contributed by atoms with Crippen molar-refractivity contribution in [1.82, 2.24) is 14.5 Å². The van der Waals surface area contributed by atoms with E-state index >= 15 is 0 Å². The molecule has 0 aliphatic carbocycles. The van der Waals surface area contributed by atoms with Crippen LogP contribution in [0.2, 0.25) is 0 Å². The molecular weight excluding hydrogens is 490 g/mol. The molecule has 2 N–H and O–H groups in total. The van der Waals surface area contributed by atoms with Gasteiger partial charge in [-0.05, 0) is 42.0 Å². The number of halogens is 2. The third-order valence-corrected chi connectivity index (χ3v) is 6.46. The van der Waals surface area contributed by atoms with Gasteiger partial charge in [0, 0.05) is 29.6 Å². The number of ether oxygens (including phenoxy) is 2. The molecule has 1 atom stereocenters. The maximum atomic E-state index is 13.7.